The lowest BCUT2D eigenvalue weighted by Gasteiger charge is -2.36. The van der Waals surface area contributed by atoms with Crippen molar-refractivity contribution in [3.8, 4) is 0 Å². The van der Waals surface area contributed by atoms with Crippen LogP contribution in [0.5, 0.6) is 0 Å². The molecule has 0 aromatic heterocycles. The summed E-state index contributed by atoms with van der Waals surface area (Å²) in [5, 5.41) is 3.18. The van der Waals surface area contributed by atoms with E-state index in [1.807, 2.05) is 4.90 Å². The van der Waals surface area contributed by atoms with Gasteiger partial charge in [0.2, 0.25) is 0 Å². The summed E-state index contributed by atoms with van der Waals surface area (Å²) in [6.45, 7) is 4.48. The van der Waals surface area contributed by atoms with Gasteiger partial charge in [0, 0.05) is 38.6 Å². The van der Waals surface area contributed by atoms with Crippen molar-refractivity contribution < 1.29 is 17.6 Å². The van der Waals surface area contributed by atoms with Gasteiger partial charge in [-0.15, -0.1) is 12.4 Å². The van der Waals surface area contributed by atoms with Gasteiger partial charge in [0.15, 0.2) is 0 Å². The predicted molar refractivity (Wildman–Crippen MR) is 80.9 cm³/mol. The molecule has 1 aromatic carbocycles. The topological polar surface area (TPSA) is 15.3 Å². The monoisotopic (exact) mass is 340 g/mol. The Bertz CT molecular complexity index is 473. The smallest absolute Gasteiger partial charge is 0.314 e. The molecular weight excluding hydrogens is 320 g/mol. The number of nitrogens with one attached hydrogen (secondary N) is 1. The highest BCUT2D eigenvalue weighted by Gasteiger charge is 2.32. The maximum Gasteiger partial charge on any atom is 0.389 e. The second-order valence-corrected chi connectivity index (χ2v) is 5.41. The molecule has 0 amide bonds. The Hall–Kier alpha value is -0.850. The summed E-state index contributed by atoms with van der Waals surface area (Å²) < 4.78 is 51.4. The molecule has 22 heavy (non-hydrogen) atoms. The minimum absolute atomic E-state index is 0. The van der Waals surface area contributed by atoms with E-state index in [-0.39, 0.29) is 30.7 Å². The van der Waals surface area contributed by atoms with Crippen LogP contribution in [0.3, 0.4) is 0 Å². The van der Waals surface area contributed by atoms with Gasteiger partial charge < -0.3 is 5.32 Å². The third kappa shape index (κ3) is 5.11. The van der Waals surface area contributed by atoms with E-state index in [1.54, 1.807) is 19.1 Å². The zero-order valence-electron chi connectivity index (χ0n) is 12.4. The maximum atomic E-state index is 13.7. The molecule has 0 saturated carbocycles. The molecule has 1 fully saturated rings. The van der Waals surface area contributed by atoms with Gasteiger partial charge in [-0.05, 0) is 30.5 Å². The van der Waals surface area contributed by atoms with Gasteiger partial charge in [0.05, 0.1) is 0 Å². The summed E-state index contributed by atoms with van der Waals surface area (Å²) in [4.78, 5) is 2.02. The summed E-state index contributed by atoms with van der Waals surface area (Å²) in [5.41, 5.74) is 1.12. The van der Waals surface area contributed by atoms with Crippen molar-refractivity contribution in [3.63, 3.8) is 0 Å². The van der Waals surface area contributed by atoms with Crippen LogP contribution in [0.4, 0.5) is 17.6 Å². The van der Waals surface area contributed by atoms with Gasteiger partial charge >= 0.3 is 6.18 Å². The molecular formula is C15H21ClF4N2. The predicted octanol–water partition coefficient (Wildman–Crippen LogP) is 3.84. The van der Waals surface area contributed by atoms with E-state index in [4.69, 9.17) is 0 Å². The van der Waals surface area contributed by atoms with Crippen LogP contribution < -0.4 is 5.32 Å². The molecule has 1 aliphatic heterocycles. The van der Waals surface area contributed by atoms with Gasteiger partial charge in [0.1, 0.15) is 5.82 Å². The molecule has 0 unspecified atom stereocenters. The standard InChI is InChI=1S/C15H20F4N2.ClH/c1-11-12(3-2-4-13(11)16)14(5-6-15(17,18)19)21-9-7-20-8-10-21;/h2-4,14,20H,5-10H2,1H3;1H/t14-;/m1./s1. The molecule has 0 radical (unpaired) electrons. The zero-order valence-corrected chi connectivity index (χ0v) is 13.2. The normalized spacial score (nSPS) is 17.9. The molecule has 2 rings (SSSR count). The van der Waals surface area contributed by atoms with E-state index in [1.165, 1.54) is 6.07 Å². The summed E-state index contributed by atoms with van der Waals surface area (Å²) >= 11 is 0. The minimum atomic E-state index is -4.19. The van der Waals surface area contributed by atoms with Crippen molar-refractivity contribution in [2.75, 3.05) is 26.2 Å². The van der Waals surface area contributed by atoms with Gasteiger partial charge in [-0.2, -0.15) is 13.2 Å². The SMILES string of the molecule is Cc1c(F)cccc1[C@@H](CCC(F)(F)F)N1CCNCC1.Cl. The van der Waals surface area contributed by atoms with E-state index in [0.29, 0.717) is 24.2 Å². The van der Waals surface area contributed by atoms with E-state index in [2.05, 4.69) is 5.32 Å². The number of piperazine rings is 1. The van der Waals surface area contributed by atoms with E-state index >= 15 is 0 Å². The quantitative estimate of drug-likeness (QED) is 0.838. The van der Waals surface area contributed by atoms with Gasteiger partial charge in [-0.25, -0.2) is 4.39 Å². The number of rotatable bonds is 4. The molecule has 1 heterocycles. The number of benzene rings is 1. The Kier molecular flexibility index (Phi) is 7.09. The lowest BCUT2D eigenvalue weighted by molar-refractivity contribution is -0.138. The molecule has 1 atom stereocenters. The van der Waals surface area contributed by atoms with Crippen LogP contribution in [0.25, 0.3) is 0 Å². The Morgan fingerprint density at radius 3 is 2.45 bits per heavy atom. The molecule has 1 N–H and O–H groups in total. The first kappa shape index (κ1) is 19.2. The van der Waals surface area contributed by atoms with Crippen LogP contribution >= 0.6 is 12.4 Å². The third-order valence-corrected chi connectivity index (χ3v) is 3.96. The van der Waals surface area contributed by atoms with Crippen LogP contribution in [-0.2, 0) is 0 Å². The van der Waals surface area contributed by atoms with Crippen molar-refractivity contribution in [2.45, 2.75) is 32.0 Å². The van der Waals surface area contributed by atoms with Crippen LogP contribution in [0.2, 0.25) is 0 Å². The molecule has 126 valence electrons. The van der Waals surface area contributed by atoms with Crippen LogP contribution in [0.15, 0.2) is 18.2 Å². The molecule has 1 saturated heterocycles. The minimum Gasteiger partial charge on any atom is -0.314 e. The highest BCUT2D eigenvalue weighted by Crippen LogP contribution is 2.33. The Balaban J connectivity index is 0.00000242. The highest BCUT2D eigenvalue weighted by molar-refractivity contribution is 5.85. The van der Waals surface area contributed by atoms with Gasteiger partial charge in [0.25, 0.3) is 0 Å². The Morgan fingerprint density at radius 2 is 1.86 bits per heavy atom. The fourth-order valence-corrected chi connectivity index (χ4v) is 2.81. The third-order valence-electron chi connectivity index (χ3n) is 3.96. The van der Waals surface area contributed by atoms with Crippen molar-refractivity contribution >= 4 is 12.4 Å². The summed E-state index contributed by atoms with van der Waals surface area (Å²) in [6, 6.07) is 4.27. The van der Waals surface area contributed by atoms with Crippen LogP contribution in [0.1, 0.15) is 30.0 Å². The van der Waals surface area contributed by atoms with Crippen molar-refractivity contribution in [1.29, 1.82) is 0 Å². The highest BCUT2D eigenvalue weighted by atomic mass is 35.5. The Morgan fingerprint density at radius 1 is 1.23 bits per heavy atom. The molecule has 1 aromatic rings. The number of hydrogen-bond acceptors (Lipinski definition) is 2. The largest absolute Gasteiger partial charge is 0.389 e. The summed E-state index contributed by atoms with van der Waals surface area (Å²) in [7, 11) is 0. The number of hydrogen-bond donors (Lipinski definition) is 1. The summed E-state index contributed by atoms with van der Waals surface area (Å²) in [5.74, 6) is -0.361. The van der Waals surface area contributed by atoms with E-state index < -0.39 is 12.6 Å². The molecule has 2 nitrogen and oxygen atoms in total. The first-order valence-electron chi connectivity index (χ1n) is 7.15. The maximum absolute atomic E-state index is 13.7. The number of halogens is 5. The van der Waals surface area contributed by atoms with Crippen molar-refractivity contribution in [3.05, 3.63) is 35.1 Å². The number of alkyl halides is 3. The van der Waals surface area contributed by atoms with Gasteiger partial charge in [-0.3, -0.25) is 4.90 Å². The molecule has 0 bridgehead atoms. The van der Waals surface area contributed by atoms with Gasteiger partial charge in [-0.1, -0.05) is 12.1 Å². The first-order chi connectivity index (χ1) is 9.88. The van der Waals surface area contributed by atoms with Crippen molar-refractivity contribution in [1.82, 2.24) is 10.2 Å². The fourth-order valence-electron chi connectivity index (χ4n) is 2.81. The van der Waals surface area contributed by atoms with E-state index in [9.17, 15) is 17.6 Å². The van der Waals surface area contributed by atoms with Crippen LogP contribution in [0, 0.1) is 12.7 Å². The van der Waals surface area contributed by atoms with E-state index in [0.717, 1.165) is 13.1 Å². The average molecular weight is 341 g/mol. The molecule has 0 aliphatic carbocycles. The number of nitrogens with zero attached hydrogens (tertiary/aromatic N) is 1. The molecule has 1 aliphatic rings. The second kappa shape index (κ2) is 8.13. The zero-order chi connectivity index (χ0) is 15.5. The first-order valence-corrected chi connectivity index (χ1v) is 7.15. The Labute approximate surface area is 134 Å². The average Bonchev–Trinajstić information content (AvgIpc) is 2.43. The van der Waals surface area contributed by atoms with Crippen molar-refractivity contribution in [2.24, 2.45) is 0 Å². The van der Waals surface area contributed by atoms with Crippen LogP contribution in [-0.4, -0.2) is 37.3 Å². The molecule has 7 heteroatoms. The lowest BCUT2D eigenvalue weighted by atomic mass is 9.95. The molecule has 0 spiro atoms. The second-order valence-electron chi connectivity index (χ2n) is 5.41. The fraction of sp³-hybridized carbons (Fsp3) is 0.600. The lowest BCUT2D eigenvalue weighted by Crippen LogP contribution is -2.45. The summed E-state index contributed by atoms with van der Waals surface area (Å²) in [6.07, 6.45) is -5.07.